The zero-order chi connectivity index (χ0) is 24.5. The Morgan fingerprint density at radius 1 is 1.09 bits per heavy atom. The van der Waals surface area contributed by atoms with E-state index in [1.54, 1.807) is 6.20 Å². The molecule has 0 saturated heterocycles. The fourth-order valence-corrected chi connectivity index (χ4v) is 4.94. The lowest BCUT2D eigenvalue weighted by Crippen LogP contribution is -2.40. The van der Waals surface area contributed by atoms with Crippen LogP contribution in [0.4, 0.5) is 0 Å². The Hall–Kier alpha value is -3.18. The fourth-order valence-electron chi connectivity index (χ4n) is 4.74. The van der Waals surface area contributed by atoms with Crippen molar-refractivity contribution in [2.45, 2.75) is 46.2 Å². The summed E-state index contributed by atoms with van der Waals surface area (Å²) in [6, 6.07) is 18.0. The Morgan fingerprint density at radius 2 is 1.80 bits per heavy atom. The molecule has 0 radical (unpaired) electrons. The van der Waals surface area contributed by atoms with Gasteiger partial charge in [-0.1, -0.05) is 73.5 Å². The molecule has 5 nitrogen and oxygen atoms in total. The second kappa shape index (κ2) is 9.82. The van der Waals surface area contributed by atoms with Crippen molar-refractivity contribution in [3.63, 3.8) is 0 Å². The first-order valence-electron chi connectivity index (χ1n) is 12.3. The highest BCUT2D eigenvalue weighted by molar-refractivity contribution is 6.34. The maximum absolute atomic E-state index is 13.9. The third-order valence-corrected chi connectivity index (χ3v) is 7.05. The predicted molar refractivity (Wildman–Crippen MR) is 141 cm³/mol. The predicted octanol–water partition coefficient (Wildman–Crippen LogP) is 6.69. The summed E-state index contributed by atoms with van der Waals surface area (Å²) in [7, 11) is 0. The van der Waals surface area contributed by atoms with Gasteiger partial charge >= 0.3 is 0 Å². The molecule has 1 aliphatic rings. The van der Waals surface area contributed by atoms with E-state index in [-0.39, 0.29) is 17.9 Å². The lowest BCUT2D eigenvalue weighted by molar-refractivity contribution is 0.0593. The minimum Gasteiger partial charge on any atom is -0.328 e. The minimum absolute atomic E-state index is 0.0538. The summed E-state index contributed by atoms with van der Waals surface area (Å²) in [6.07, 6.45) is 5.79. The molecule has 1 fully saturated rings. The summed E-state index contributed by atoms with van der Waals surface area (Å²) < 4.78 is 2.19. The average Bonchev–Trinajstić information content (AvgIpc) is 3.60. The molecule has 5 rings (SSSR count). The molecule has 0 bridgehead atoms. The van der Waals surface area contributed by atoms with Gasteiger partial charge in [-0.15, -0.1) is 0 Å². The van der Waals surface area contributed by atoms with Crippen molar-refractivity contribution in [3.8, 4) is 0 Å². The van der Waals surface area contributed by atoms with E-state index in [1.165, 1.54) is 12.8 Å². The number of aromatic nitrogens is 3. The van der Waals surface area contributed by atoms with Gasteiger partial charge in [0, 0.05) is 24.8 Å². The number of imidazole rings is 1. The molecule has 0 aliphatic heterocycles. The molecule has 0 N–H and O–H groups in total. The Kier molecular flexibility index (Phi) is 6.61. The second-order valence-electron chi connectivity index (χ2n) is 9.99. The van der Waals surface area contributed by atoms with Crippen molar-refractivity contribution >= 4 is 28.5 Å². The quantitative estimate of drug-likeness (QED) is 0.278. The molecule has 1 amide bonds. The normalized spacial score (nSPS) is 14.4. The van der Waals surface area contributed by atoms with Crippen molar-refractivity contribution in [2.75, 3.05) is 6.54 Å². The van der Waals surface area contributed by atoms with Crippen molar-refractivity contribution < 1.29 is 4.79 Å². The highest BCUT2D eigenvalue weighted by Gasteiger charge is 2.37. The van der Waals surface area contributed by atoms with Crippen LogP contribution in [-0.2, 0) is 6.54 Å². The summed E-state index contributed by atoms with van der Waals surface area (Å²) in [4.78, 5) is 25.4. The molecule has 35 heavy (non-hydrogen) atoms. The SMILES string of the molecule is Cc1ccc(C(=O)N(CC2CC2)[C@@H](c2nc3c(Cl)cncc3n2Cc2ccccc2)C(C)C)cc1. The van der Waals surface area contributed by atoms with Crippen molar-refractivity contribution in [1.29, 1.82) is 0 Å². The first-order valence-corrected chi connectivity index (χ1v) is 12.7. The molecular formula is C29H31ClN4O. The fraction of sp³-hybridized carbons (Fsp3) is 0.345. The maximum atomic E-state index is 13.9. The van der Waals surface area contributed by atoms with Crippen LogP contribution >= 0.6 is 11.6 Å². The van der Waals surface area contributed by atoms with Gasteiger partial charge in [0.15, 0.2) is 0 Å². The number of amides is 1. The topological polar surface area (TPSA) is 51.0 Å². The summed E-state index contributed by atoms with van der Waals surface area (Å²) in [5, 5.41) is 0.525. The number of nitrogens with zero attached hydrogens (tertiary/aromatic N) is 4. The summed E-state index contributed by atoms with van der Waals surface area (Å²) >= 11 is 6.56. The molecule has 0 spiro atoms. The molecular weight excluding hydrogens is 456 g/mol. The van der Waals surface area contributed by atoms with Gasteiger partial charge in [-0.05, 0) is 49.3 Å². The second-order valence-corrected chi connectivity index (χ2v) is 10.4. The number of halogens is 1. The third kappa shape index (κ3) is 4.96. The highest BCUT2D eigenvalue weighted by Crippen LogP contribution is 2.38. The number of rotatable bonds is 8. The Morgan fingerprint density at radius 3 is 2.46 bits per heavy atom. The standard InChI is InChI=1S/C29H31ClN4O/c1-19(2)27(34(18-22-11-12-22)29(35)23-13-9-20(3)10-14-23)28-32-26-24(30)15-31-16-25(26)33(28)17-21-7-5-4-6-8-21/h4-10,13-16,19,22,27H,11-12,17-18H2,1-3H3/t27-/m1/s1. The summed E-state index contributed by atoms with van der Waals surface area (Å²) in [5.74, 6) is 1.61. The van der Waals surface area contributed by atoms with Crippen LogP contribution in [0.2, 0.25) is 5.02 Å². The van der Waals surface area contributed by atoms with Crippen molar-refractivity contribution in [2.24, 2.45) is 11.8 Å². The van der Waals surface area contributed by atoms with E-state index in [0.29, 0.717) is 23.0 Å². The van der Waals surface area contributed by atoms with E-state index in [0.717, 1.165) is 34.5 Å². The molecule has 2 aromatic carbocycles. The first kappa shape index (κ1) is 23.6. The van der Waals surface area contributed by atoms with Gasteiger partial charge < -0.3 is 9.47 Å². The monoisotopic (exact) mass is 486 g/mol. The lowest BCUT2D eigenvalue weighted by atomic mass is 9.99. The summed E-state index contributed by atoms with van der Waals surface area (Å²) in [6.45, 7) is 7.74. The van der Waals surface area contributed by atoms with E-state index in [1.807, 2.05) is 55.6 Å². The average molecular weight is 487 g/mol. The number of hydrogen-bond acceptors (Lipinski definition) is 3. The van der Waals surface area contributed by atoms with E-state index in [2.05, 4.69) is 40.4 Å². The van der Waals surface area contributed by atoms with Gasteiger partial charge in [-0.2, -0.15) is 0 Å². The van der Waals surface area contributed by atoms with Gasteiger partial charge in [-0.25, -0.2) is 4.98 Å². The van der Waals surface area contributed by atoms with E-state index in [9.17, 15) is 4.79 Å². The van der Waals surface area contributed by atoms with Gasteiger partial charge in [0.1, 0.15) is 11.3 Å². The van der Waals surface area contributed by atoms with Crippen LogP contribution in [0.15, 0.2) is 67.0 Å². The van der Waals surface area contributed by atoms with Crippen LogP contribution in [-0.4, -0.2) is 31.9 Å². The smallest absolute Gasteiger partial charge is 0.254 e. The highest BCUT2D eigenvalue weighted by atomic mass is 35.5. The van der Waals surface area contributed by atoms with Crippen molar-refractivity contribution in [1.82, 2.24) is 19.4 Å². The zero-order valence-corrected chi connectivity index (χ0v) is 21.2. The van der Waals surface area contributed by atoms with Crippen LogP contribution in [0.25, 0.3) is 11.0 Å². The molecule has 1 saturated carbocycles. The molecule has 180 valence electrons. The number of carbonyl (C=O) groups is 1. The third-order valence-electron chi connectivity index (χ3n) is 6.77. The number of benzene rings is 2. The minimum atomic E-state index is -0.198. The molecule has 6 heteroatoms. The largest absolute Gasteiger partial charge is 0.328 e. The Bertz CT molecular complexity index is 1330. The molecule has 2 heterocycles. The van der Waals surface area contributed by atoms with Crippen LogP contribution < -0.4 is 0 Å². The van der Waals surface area contributed by atoms with Gasteiger partial charge in [0.2, 0.25) is 0 Å². The molecule has 1 aliphatic carbocycles. The molecule has 0 unspecified atom stereocenters. The van der Waals surface area contributed by atoms with Gasteiger partial charge in [0.25, 0.3) is 5.91 Å². The molecule has 2 aromatic heterocycles. The van der Waals surface area contributed by atoms with Crippen LogP contribution in [0, 0.1) is 18.8 Å². The molecule has 4 aromatic rings. The summed E-state index contributed by atoms with van der Waals surface area (Å²) in [5.41, 5.74) is 4.63. The molecule has 1 atom stereocenters. The van der Waals surface area contributed by atoms with E-state index >= 15 is 0 Å². The number of hydrogen-bond donors (Lipinski definition) is 0. The number of pyridine rings is 1. The number of fused-ring (bicyclic) bond motifs is 1. The van der Waals surface area contributed by atoms with E-state index < -0.39 is 0 Å². The van der Waals surface area contributed by atoms with Crippen LogP contribution in [0.5, 0.6) is 0 Å². The Labute approximate surface area is 211 Å². The van der Waals surface area contributed by atoms with Gasteiger partial charge in [0.05, 0.1) is 22.8 Å². The van der Waals surface area contributed by atoms with Gasteiger partial charge in [-0.3, -0.25) is 9.78 Å². The lowest BCUT2D eigenvalue weighted by Gasteiger charge is -2.35. The zero-order valence-electron chi connectivity index (χ0n) is 20.5. The number of aryl methyl sites for hydroxylation is 1. The van der Waals surface area contributed by atoms with Crippen LogP contribution in [0.1, 0.15) is 60.0 Å². The number of carbonyl (C=O) groups excluding carboxylic acids is 1. The van der Waals surface area contributed by atoms with Crippen LogP contribution in [0.3, 0.4) is 0 Å². The van der Waals surface area contributed by atoms with Crippen molar-refractivity contribution in [3.05, 3.63) is 94.5 Å². The van der Waals surface area contributed by atoms with E-state index in [4.69, 9.17) is 16.6 Å². The maximum Gasteiger partial charge on any atom is 0.254 e. The first-order chi connectivity index (χ1) is 16.9. The Balaban J connectivity index is 1.64.